The highest BCUT2D eigenvalue weighted by atomic mass is 16.5. The summed E-state index contributed by atoms with van der Waals surface area (Å²) in [6, 6.07) is 5.53. The van der Waals surface area contributed by atoms with E-state index in [2.05, 4.69) is 5.32 Å². The average Bonchev–Trinajstić information content (AvgIpc) is 2.32. The number of anilines is 2. The minimum atomic E-state index is -0.283. The van der Waals surface area contributed by atoms with E-state index in [1.165, 1.54) is 0 Å². The third kappa shape index (κ3) is 4.04. The Bertz CT molecular complexity index is 408. The monoisotopic (exact) mass is 250 g/mol. The highest BCUT2D eigenvalue weighted by Crippen LogP contribution is 2.22. The number of nitrogens with two attached hydrogens (primary N) is 1. The van der Waals surface area contributed by atoms with Gasteiger partial charge in [0.15, 0.2) is 0 Å². The summed E-state index contributed by atoms with van der Waals surface area (Å²) in [5, 5.41) is 2.79. The molecule has 1 aromatic carbocycles. The summed E-state index contributed by atoms with van der Waals surface area (Å²) in [6.07, 6.45) is 0.854. The zero-order chi connectivity index (χ0) is 13.8. The lowest BCUT2D eigenvalue weighted by molar-refractivity contribution is -0.126. The van der Waals surface area contributed by atoms with E-state index in [1.54, 1.807) is 6.07 Å². The van der Waals surface area contributed by atoms with Crippen molar-refractivity contribution in [2.45, 2.75) is 39.7 Å². The maximum absolute atomic E-state index is 11.8. The number of nitrogens with one attached hydrogen (secondary N) is 1. The molecule has 18 heavy (non-hydrogen) atoms. The molecular formula is C14H22N2O2. The van der Waals surface area contributed by atoms with Crippen molar-refractivity contribution >= 4 is 17.3 Å². The number of carbonyl (C=O) groups is 1. The third-order valence-corrected chi connectivity index (χ3v) is 3.01. The molecule has 1 aromatic rings. The van der Waals surface area contributed by atoms with Gasteiger partial charge in [0.1, 0.15) is 6.61 Å². The third-order valence-electron chi connectivity index (χ3n) is 3.01. The Morgan fingerprint density at radius 1 is 1.44 bits per heavy atom. The van der Waals surface area contributed by atoms with Crippen LogP contribution in [0.3, 0.4) is 0 Å². The minimum Gasteiger partial charge on any atom is -0.397 e. The Balaban J connectivity index is 2.61. The number of nitrogen functional groups attached to an aromatic ring is 1. The fraction of sp³-hybridized carbons (Fsp3) is 0.500. The fourth-order valence-electron chi connectivity index (χ4n) is 1.40. The zero-order valence-electron chi connectivity index (χ0n) is 11.5. The molecule has 0 radical (unpaired) electrons. The molecule has 0 saturated heterocycles. The van der Waals surface area contributed by atoms with Crippen LogP contribution in [0.4, 0.5) is 11.4 Å². The summed E-state index contributed by atoms with van der Waals surface area (Å²) < 4.78 is 5.54. The molecule has 0 heterocycles. The summed E-state index contributed by atoms with van der Waals surface area (Å²) in [6.45, 7) is 7.89. The van der Waals surface area contributed by atoms with Crippen LogP contribution in [-0.2, 0) is 9.53 Å². The summed E-state index contributed by atoms with van der Waals surface area (Å²) in [5.74, 6) is -0.183. The van der Waals surface area contributed by atoms with E-state index in [9.17, 15) is 4.79 Å². The molecule has 0 aliphatic carbocycles. The molecule has 0 aliphatic heterocycles. The molecule has 0 saturated carbocycles. The van der Waals surface area contributed by atoms with Gasteiger partial charge in [0.25, 0.3) is 0 Å². The minimum absolute atomic E-state index is 0.0363. The molecule has 1 amide bonds. The number of hydrogen-bond donors (Lipinski definition) is 2. The van der Waals surface area contributed by atoms with Crippen molar-refractivity contribution in [1.29, 1.82) is 0 Å². The molecule has 0 bridgehead atoms. The van der Waals surface area contributed by atoms with Crippen molar-refractivity contribution in [3.8, 4) is 0 Å². The fourth-order valence-corrected chi connectivity index (χ4v) is 1.40. The molecule has 0 spiro atoms. The lowest BCUT2D eigenvalue weighted by atomic mass is 10.1. The van der Waals surface area contributed by atoms with E-state index >= 15 is 0 Å². The van der Waals surface area contributed by atoms with Gasteiger partial charge in [-0.25, -0.2) is 0 Å². The van der Waals surface area contributed by atoms with Gasteiger partial charge in [0.05, 0.1) is 17.0 Å². The molecule has 100 valence electrons. The molecule has 1 rings (SSSR count). The van der Waals surface area contributed by atoms with E-state index in [0.717, 1.165) is 12.0 Å². The highest BCUT2D eigenvalue weighted by molar-refractivity contribution is 5.95. The first-order valence-corrected chi connectivity index (χ1v) is 6.14. The molecule has 4 nitrogen and oxygen atoms in total. The first-order valence-electron chi connectivity index (χ1n) is 6.14. The summed E-state index contributed by atoms with van der Waals surface area (Å²) in [4.78, 5) is 11.8. The smallest absolute Gasteiger partial charge is 0.250 e. The number of hydrogen-bond acceptors (Lipinski definition) is 3. The normalized spacial score (nSPS) is 11.3. The average molecular weight is 250 g/mol. The van der Waals surface area contributed by atoms with Crippen molar-refractivity contribution in [2.24, 2.45) is 0 Å². The quantitative estimate of drug-likeness (QED) is 0.790. The number of ether oxygens (including phenoxy) is 1. The van der Waals surface area contributed by atoms with Gasteiger partial charge in [0.2, 0.25) is 5.91 Å². The Morgan fingerprint density at radius 2 is 2.11 bits per heavy atom. The van der Waals surface area contributed by atoms with E-state index < -0.39 is 0 Å². The molecule has 3 N–H and O–H groups in total. The van der Waals surface area contributed by atoms with E-state index in [-0.39, 0.29) is 18.1 Å². The Morgan fingerprint density at radius 3 is 2.67 bits per heavy atom. The van der Waals surface area contributed by atoms with Crippen molar-refractivity contribution in [2.75, 3.05) is 17.7 Å². The molecule has 0 fully saturated rings. The zero-order valence-corrected chi connectivity index (χ0v) is 11.5. The van der Waals surface area contributed by atoms with Crippen molar-refractivity contribution < 1.29 is 9.53 Å². The molecule has 0 unspecified atom stereocenters. The van der Waals surface area contributed by atoms with Gasteiger partial charge in [-0.15, -0.1) is 0 Å². The Labute approximate surface area is 109 Å². The summed E-state index contributed by atoms with van der Waals surface area (Å²) in [5.41, 5.74) is 7.72. The van der Waals surface area contributed by atoms with Crippen LogP contribution < -0.4 is 11.1 Å². The van der Waals surface area contributed by atoms with E-state index in [1.807, 2.05) is 39.8 Å². The van der Waals surface area contributed by atoms with Gasteiger partial charge >= 0.3 is 0 Å². The number of rotatable bonds is 5. The number of para-hydroxylation sites is 1. The SMILES string of the molecule is CCC(C)(C)OCC(=O)Nc1c(C)cccc1N. The van der Waals surface area contributed by atoms with Gasteiger partial charge in [-0.3, -0.25) is 4.79 Å². The van der Waals surface area contributed by atoms with Crippen molar-refractivity contribution in [3.05, 3.63) is 23.8 Å². The van der Waals surface area contributed by atoms with Crippen LogP contribution in [0.15, 0.2) is 18.2 Å². The number of amides is 1. The van der Waals surface area contributed by atoms with Crippen LogP contribution in [0.25, 0.3) is 0 Å². The van der Waals surface area contributed by atoms with E-state index in [0.29, 0.717) is 11.4 Å². The van der Waals surface area contributed by atoms with Crippen LogP contribution in [0.1, 0.15) is 32.8 Å². The predicted molar refractivity (Wildman–Crippen MR) is 74.5 cm³/mol. The number of carbonyl (C=O) groups excluding carboxylic acids is 1. The summed E-state index contributed by atoms with van der Waals surface area (Å²) in [7, 11) is 0. The molecule has 0 aromatic heterocycles. The van der Waals surface area contributed by atoms with Crippen molar-refractivity contribution in [1.82, 2.24) is 0 Å². The standard InChI is InChI=1S/C14H22N2O2/c1-5-14(3,4)18-9-12(17)16-13-10(2)7-6-8-11(13)15/h6-8H,5,9,15H2,1-4H3,(H,16,17). The number of benzene rings is 1. The Hall–Kier alpha value is -1.55. The van der Waals surface area contributed by atoms with Gasteiger partial charge in [-0.2, -0.15) is 0 Å². The molecule has 0 atom stereocenters. The van der Waals surface area contributed by atoms with Crippen molar-refractivity contribution in [3.63, 3.8) is 0 Å². The summed E-state index contributed by atoms with van der Waals surface area (Å²) >= 11 is 0. The second-order valence-corrected chi connectivity index (χ2v) is 4.99. The molecule has 0 aliphatic rings. The van der Waals surface area contributed by atoms with Crippen LogP contribution in [0, 0.1) is 6.92 Å². The first-order chi connectivity index (χ1) is 8.35. The van der Waals surface area contributed by atoms with Gasteiger partial charge < -0.3 is 15.8 Å². The first kappa shape index (κ1) is 14.5. The van der Waals surface area contributed by atoms with Gasteiger partial charge in [-0.05, 0) is 38.8 Å². The maximum atomic E-state index is 11.8. The van der Waals surface area contributed by atoms with Crippen LogP contribution in [0.5, 0.6) is 0 Å². The maximum Gasteiger partial charge on any atom is 0.250 e. The lowest BCUT2D eigenvalue weighted by Gasteiger charge is -2.23. The van der Waals surface area contributed by atoms with Gasteiger partial charge in [-0.1, -0.05) is 19.1 Å². The predicted octanol–water partition coefficient (Wildman–Crippen LogP) is 2.72. The topological polar surface area (TPSA) is 64.3 Å². The van der Waals surface area contributed by atoms with Crippen LogP contribution in [0.2, 0.25) is 0 Å². The Kier molecular flexibility index (Phi) is 4.73. The number of aryl methyl sites for hydroxylation is 1. The molecule has 4 heteroatoms. The lowest BCUT2D eigenvalue weighted by Crippen LogP contribution is -2.29. The largest absolute Gasteiger partial charge is 0.397 e. The van der Waals surface area contributed by atoms with E-state index in [4.69, 9.17) is 10.5 Å². The second-order valence-electron chi connectivity index (χ2n) is 4.99. The second kappa shape index (κ2) is 5.87. The van der Waals surface area contributed by atoms with Crippen LogP contribution >= 0.6 is 0 Å². The van der Waals surface area contributed by atoms with Crippen LogP contribution in [-0.4, -0.2) is 18.1 Å². The molecular weight excluding hydrogens is 228 g/mol. The van der Waals surface area contributed by atoms with Gasteiger partial charge in [0, 0.05) is 0 Å². The highest BCUT2D eigenvalue weighted by Gasteiger charge is 2.17.